The molecule has 1 aliphatic rings. The molecule has 1 unspecified atom stereocenters. The summed E-state index contributed by atoms with van der Waals surface area (Å²) < 4.78 is 25.8. The number of hydrogen-bond donors (Lipinski definition) is 2. The minimum Gasteiger partial charge on any atom is -0.326 e. The molecule has 0 bridgehead atoms. The molecule has 0 fully saturated rings. The number of carbonyl (C=O) groups is 2. The van der Waals surface area contributed by atoms with Gasteiger partial charge in [0.25, 0.3) is 0 Å². The van der Waals surface area contributed by atoms with Crippen molar-refractivity contribution in [1.29, 1.82) is 0 Å². The fraction of sp³-hybridized carbons (Fsp3) is 0.263. The number of anilines is 2. The Hall–Kier alpha value is -2.03. The Kier molecular flexibility index (Phi) is 6.02. The lowest BCUT2D eigenvalue weighted by Crippen LogP contribution is -2.25. The molecule has 28 heavy (non-hydrogen) atoms. The minimum absolute atomic E-state index is 0.115. The summed E-state index contributed by atoms with van der Waals surface area (Å²) in [6.07, 6.45) is -0.175. The molecule has 2 aromatic carbocycles. The molecule has 6 nitrogen and oxygen atoms in total. The van der Waals surface area contributed by atoms with E-state index in [0.29, 0.717) is 21.3 Å². The maximum Gasteiger partial charge on any atom is 0.234 e. The summed E-state index contributed by atoms with van der Waals surface area (Å²) in [7, 11) is -3.70. The normalized spacial score (nSPS) is 14.8. The van der Waals surface area contributed by atoms with E-state index in [9.17, 15) is 18.0 Å². The third-order valence-electron chi connectivity index (χ3n) is 4.38. The van der Waals surface area contributed by atoms with Crippen LogP contribution in [0.3, 0.4) is 0 Å². The molecule has 1 heterocycles. The van der Waals surface area contributed by atoms with Gasteiger partial charge < -0.3 is 10.6 Å². The highest BCUT2D eigenvalue weighted by Crippen LogP contribution is 2.34. The van der Waals surface area contributed by atoms with Crippen molar-refractivity contribution in [1.82, 2.24) is 0 Å². The summed E-state index contributed by atoms with van der Waals surface area (Å²) in [5.74, 6) is -0.258. The Morgan fingerprint density at radius 1 is 1.29 bits per heavy atom. The molecule has 0 spiro atoms. The van der Waals surface area contributed by atoms with Crippen molar-refractivity contribution in [2.45, 2.75) is 35.3 Å². The molecule has 1 aliphatic heterocycles. The summed E-state index contributed by atoms with van der Waals surface area (Å²) in [5.41, 5.74) is 1.99. The average molecular weight is 439 g/mol. The first-order valence-electron chi connectivity index (χ1n) is 8.53. The number of amides is 2. The fourth-order valence-electron chi connectivity index (χ4n) is 2.80. The van der Waals surface area contributed by atoms with Crippen LogP contribution in [0.25, 0.3) is 0 Å². The van der Waals surface area contributed by atoms with Crippen molar-refractivity contribution in [3.05, 3.63) is 47.0 Å². The van der Waals surface area contributed by atoms with Crippen molar-refractivity contribution in [2.24, 2.45) is 0 Å². The number of benzene rings is 2. The predicted molar refractivity (Wildman–Crippen MR) is 112 cm³/mol. The van der Waals surface area contributed by atoms with Gasteiger partial charge in [0.15, 0.2) is 9.84 Å². The molecule has 148 valence electrons. The average Bonchev–Trinajstić information content (AvgIpc) is 2.63. The quantitative estimate of drug-likeness (QED) is 0.738. The van der Waals surface area contributed by atoms with Gasteiger partial charge in [-0.3, -0.25) is 9.59 Å². The van der Waals surface area contributed by atoms with Gasteiger partial charge in [-0.15, -0.1) is 11.8 Å². The van der Waals surface area contributed by atoms with Crippen molar-refractivity contribution >= 4 is 56.4 Å². The minimum atomic E-state index is -3.70. The van der Waals surface area contributed by atoms with Crippen molar-refractivity contribution in [2.75, 3.05) is 16.4 Å². The summed E-state index contributed by atoms with van der Waals surface area (Å²) in [5, 5.41) is 5.10. The topological polar surface area (TPSA) is 92.3 Å². The van der Waals surface area contributed by atoms with Crippen LogP contribution in [0.5, 0.6) is 0 Å². The third-order valence-corrected chi connectivity index (χ3v) is 7.81. The SMILES string of the molecule is Cc1cc(Cl)ccc1NC(=O)CC(C)S(=O)(=O)c1ccc2c(c1)SCC(=O)N2. The highest BCUT2D eigenvalue weighted by Gasteiger charge is 2.27. The summed E-state index contributed by atoms with van der Waals surface area (Å²) in [6, 6.07) is 9.65. The lowest BCUT2D eigenvalue weighted by Gasteiger charge is -2.18. The lowest BCUT2D eigenvalue weighted by molar-refractivity contribution is -0.116. The Morgan fingerprint density at radius 3 is 2.75 bits per heavy atom. The van der Waals surface area contributed by atoms with Gasteiger partial charge in [-0.05, 0) is 55.8 Å². The van der Waals surface area contributed by atoms with Crippen LogP contribution >= 0.6 is 23.4 Å². The van der Waals surface area contributed by atoms with Crippen LogP contribution in [0, 0.1) is 6.92 Å². The largest absolute Gasteiger partial charge is 0.326 e. The number of nitrogens with one attached hydrogen (secondary N) is 2. The molecular formula is C19H19ClN2O4S2. The molecule has 1 atom stereocenters. The van der Waals surface area contributed by atoms with Gasteiger partial charge in [0.2, 0.25) is 11.8 Å². The van der Waals surface area contributed by atoms with Gasteiger partial charge in [-0.1, -0.05) is 11.6 Å². The smallest absolute Gasteiger partial charge is 0.234 e. The molecule has 0 saturated carbocycles. The molecule has 2 aromatic rings. The van der Waals surface area contributed by atoms with Gasteiger partial charge in [-0.25, -0.2) is 8.42 Å². The molecule has 0 aliphatic carbocycles. The van der Waals surface area contributed by atoms with Gasteiger partial charge >= 0.3 is 0 Å². The zero-order valence-electron chi connectivity index (χ0n) is 15.3. The van der Waals surface area contributed by atoms with Crippen molar-refractivity contribution in [3.63, 3.8) is 0 Å². The highest BCUT2D eigenvalue weighted by atomic mass is 35.5. The van der Waals surface area contributed by atoms with E-state index in [2.05, 4.69) is 10.6 Å². The second-order valence-electron chi connectivity index (χ2n) is 6.56. The monoisotopic (exact) mass is 438 g/mol. The van der Waals surface area contributed by atoms with Crippen LogP contribution in [0.15, 0.2) is 46.2 Å². The van der Waals surface area contributed by atoms with E-state index in [1.54, 1.807) is 30.3 Å². The van der Waals surface area contributed by atoms with Crippen LogP contribution in [-0.2, 0) is 19.4 Å². The molecule has 2 amide bonds. The van der Waals surface area contributed by atoms with Crippen LogP contribution in [-0.4, -0.2) is 31.2 Å². The molecule has 0 aromatic heterocycles. The number of fused-ring (bicyclic) bond motifs is 1. The van der Waals surface area contributed by atoms with Gasteiger partial charge in [0.05, 0.1) is 21.6 Å². The maximum absolute atomic E-state index is 12.9. The third kappa shape index (κ3) is 4.51. The van der Waals surface area contributed by atoms with Crippen molar-refractivity contribution in [3.8, 4) is 0 Å². The summed E-state index contributed by atoms with van der Waals surface area (Å²) >= 11 is 7.20. The van der Waals surface area contributed by atoms with Gasteiger partial charge in [-0.2, -0.15) is 0 Å². The predicted octanol–water partition coefficient (Wildman–Crippen LogP) is 3.88. The zero-order valence-corrected chi connectivity index (χ0v) is 17.7. The van der Waals surface area contributed by atoms with E-state index in [1.807, 2.05) is 6.92 Å². The Bertz CT molecular complexity index is 1050. The number of thioether (sulfide) groups is 1. The van der Waals surface area contributed by atoms with Crippen LogP contribution in [0.1, 0.15) is 18.9 Å². The first kappa shape index (κ1) is 20.7. The fourth-order valence-corrected chi connectivity index (χ4v) is 5.32. The highest BCUT2D eigenvalue weighted by molar-refractivity contribution is 8.00. The standard InChI is InChI=1S/C19H19ClN2O4S2/c1-11-7-13(20)3-5-15(11)21-18(23)8-12(2)28(25,26)14-4-6-16-17(9-14)27-10-19(24)22-16/h3-7,9,12H,8,10H2,1-2H3,(H,21,23)(H,22,24). The van der Waals surface area contributed by atoms with Gasteiger partial charge in [0.1, 0.15) is 0 Å². The van der Waals surface area contributed by atoms with Crippen LogP contribution in [0.2, 0.25) is 5.02 Å². The maximum atomic E-state index is 12.9. The first-order valence-corrected chi connectivity index (χ1v) is 11.4. The van der Waals surface area contributed by atoms with E-state index in [4.69, 9.17) is 11.6 Å². The number of halogens is 1. The number of rotatable bonds is 5. The van der Waals surface area contributed by atoms with E-state index >= 15 is 0 Å². The van der Waals surface area contributed by atoms with Crippen molar-refractivity contribution < 1.29 is 18.0 Å². The summed E-state index contributed by atoms with van der Waals surface area (Å²) in [4.78, 5) is 24.6. The van der Waals surface area contributed by atoms with Gasteiger partial charge in [0, 0.05) is 22.0 Å². The molecule has 0 radical (unpaired) electrons. The molecular weight excluding hydrogens is 420 g/mol. The molecule has 3 rings (SSSR count). The lowest BCUT2D eigenvalue weighted by atomic mass is 10.2. The van der Waals surface area contributed by atoms with E-state index in [-0.39, 0.29) is 28.9 Å². The Balaban J connectivity index is 1.73. The first-order chi connectivity index (χ1) is 13.2. The number of aryl methyl sites for hydroxylation is 1. The molecule has 2 N–H and O–H groups in total. The Morgan fingerprint density at radius 2 is 2.04 bits per heavy atom. The number of sulfone groups is 1. The second-order valence-corrected chi connectivity index (χ2v) is 10.4. The number of hydrogen-bond acceptors (Lipinski definition) is 5. The summed E-state index contributed by atoms with van der Waals surface area (Å²) in [6.45, 7) is 3.32. The second kappa shape index (κ2) is 8.14. The van der Waals surface area contributed by atoms with E-state index < -0.39 is 15.1 Å². The molecule has 0 saturated heterocycles. The Labute approximate surface area is 173 Å². The number of carbonyl (C=O) groups excluding carboxylic acids is 2. The molecule has 9 heteroatoms. The van der Waals surface area contributed by atoms with E-state index in [0.717, 1.165) is 5.56 Å². The van der Waals surface area contributed by atoms with Crippen LogP contribution < -0.4 is 10.6 Å². The van der Waals surface area contributed by atoms with Crippen LogP contribution in [0.4, 0.5) is 11.4 Å². The zero-order chi connectivity index (χ0) is 20.5. The van der Waals surface area contributed by atoms with E-state index in [1.165, 1.54) is 24.8 Å².